The zero-order chi connectivity index (χ0) is 22.5. The fourth-order valence-corrected chi connectivity index (χ4v) is 3.34. The molecule has 10 heteroatoms. The number of carbonyl (C=O) groups is 1. The molecule has 1 N–H and O–H groups in total. The summed E-state index contributed by atoms with van der Waals surface area (Å²) in [5.41, 5.74) is 1.22. The van der Waals surface area contributed by atoms with Gasteiger partial charge in [-0.15, -0.1) is 0 Å². The number of aromatic nitrogens is 4. The summed E-state index contributed by atoms with van der Waals surface area (Å²) in [6.07, 6.45) is 2.99. The second-order valence-electron chi connectivity index (χ2n) is 7.00. The number of hydrogen-bond donors (Lipinski definition) is 1. The largest absolute Gasteiger partial charge is 0.484 e. The van der Waals surface area contributed by atoms with Crippen molar-refractivity contribution in [2.24, 2.45) is 0 Å². The first-order valence-corrected chi connectivity index (χ1v) is 10.6. The molecule has 2 aromatic carbocycles. The van der Waals surface area contributed by atoms with Crippen molar-refractivity contribution in [3.63, 3.8) is 0 Å². The number of halogens is 2. The van der Waals surface area contributed by atoms with Crippen molar-refractivity contribution in [2.45, 2.75) is 13.1 Å². The van der Waals surface area contributed by atoms with Gasteiger partial charge >= 0.3 is 0 Å². The topological polar surface area (TPSA) is 91.0 Å². The first kappa shape index (κ1) is 21.9. The second-order valence-corrected chi connectivity index (χ2v) is 7.87. The zero-order valence-corrected chi connectivity index (χ0v) is 18.4. The Labute approximate surface area is 193 Å². The van der Waals surface area contributed by atoms with Crippen LogP contribution < -0.4 is 15.6 Å². The summed E-state index contributed by atoms with van der Waals surface area (Å²) < 4.78 is 8.52. The Morgan fingerprint density at radius 2 is 1.72 bits per heavy atom. The van der Waals surface area contributed by atoms with Crippen LogP contribution in [0.2, 0.25) is 10.0 Å². The third-order valence-corrected chi connectivity index (χ3v) is 5.22. The predicted molar refractivity (Wildman–Crippen MR) is 122 cm³/mol. The molecule has 0 spiro atoms. The van der Waals surface area contributed by atoms with Gasteiger partial charge in [-0.25, -0.2) is 9.67 Å². The number of carbonyl (C=O) groups excluding carboxylic acids is 1. The molecule has 4 rings (SSSR count). The second kappa shape index (κ2) is 9.84. The number of ether oxygens (including phenoxy) is 1. The Balaban J connectivity index is 1.34. The lowest BCUT2D eigenvalue weighted by Crippen LogP contribution is -2.31. The minimum atomic E-state index is -0.269. The Hall–Kier alpha value is -3.36. The van der Waals surface area contributed by atoms with Crippen LogP contribution in [0.15, 0.2) is 65.8 Å². The molecule has 0 aliphatic rings. The molecule has 0 radical (unpaired) electrons. The minimum absolute atomic E-state index is 0.116. The molecule has 4 aromatic rings. The summed E-state index contributed by atoms with van der Waals surface area (Å²) in [5, 5.41) is 8.65. The number of hydrogen-bond acceptors (Lipinski definition) is 5. The van der Waals surface area contributed by atoms with Gasteiger partial charge in [0.1, 0.15) is 17.5 Å². The van der Waals surface area contributed by atoms with Crippen LogP contribution in [0.5, 0.6) is 5.75 Å². The molecule has 0 aliphatic carbocycles. The number of nitrogens with one attached hydrogen (secondary N) is 1. The summed E-state index contributed by atoms with van der Waals surface area (Å²) in [4.78, 5) is 29.2. The summed E-state index contributed by atoms with van der Waals surface area (Å²) in [5.74, 6) is 0.288. The molecule has 2 heterocycles. The molecule has 0 bridgehead atoms. The van der Waals surface area contributed by atoms with Crippen LogP contribution in [0.4, 0.5) is 0 Å². The van der Waals surface area contributed by atoms with E-state index in [1.54, 1.807) is 41.1 Å². The fourth-order valence-electron chi connectivity index (χ4n) is 3.09. The highest BCUT2D eigenvalue weighted by Crippen LogP contribution is 2.15. The molecule has 0 atom stereocenters. The Morgan fingerprint density at radius 3 is 2.44 bits per heavy atom. The number of fused-ring (bicyclic) bond motifs is 1. The van der Waals surface area contributed by atoms with E-state index in [2.05, 4.69) is 15.4 Å². The molecule has 8 nitrogen and oxygen atoms in total. The fraction of sp³-hybridized carbons (Fsp3) is 0.182. The molecule has 2 aromatic heterocycles. The Kier molecular flexibility index (Phi) is 6.72. The van der Waals surface area contributed by atoms with E-state index in [1.807, 2.05) is 12.1 Å². The van der Waals surface area contributed by atoms with Crippen LogP contribution in [0.25, 0.3) is 11.0 Å². The molecule has 0 saturated heterocycles. The zero-order valence-electron chi connectivity index (χ0n) is 16.9. The number of nitrogens with zero attached hydrogens (tertiary/aromatic N) is 4. The molecule has 0 saturated carbocycles. The highest BCUT2D eigenvalue weighted by molar-refractivity contribution is 6.30. The van der Waals surface area contributed by atoms with Gasteiger partial charge in [0.25, 0.3) is 11.5 Å². The molecule has 164 valence electrons. The normalized spacial score (nSPS) is 10.9. The van der Waals surface area contributed by atoms with E-state index in [0.29, 0.717) is 46.5 Å². The maximum absolute atomic E-state index is 12.8. The lowest BCUT2D eigenvalue weighted by molar-refractivity contribution is -0.123. The van der Waals surface area contributed by atoms with Gasteiger partial charge in [0.15, 0.2) is 12.3 Å². The van der Waals surface area contributed by atoms with Crippen molar-refractivity contribution in [1.29, 1.82) is 0 Å². The van der Waals surface area contributed by atoms with Crippen molar-refractivity contribution in [1.82, 2.24) is 24.6 Å². The number of amides is 1. The quantitative estimate of drug-likeness (QED) is 0.426. The summed E-state index contributed by atoms with van der Waals surface area (Å²) in [6, 6.07) is 14.0. The van der Waals surface area contributed by atoms with Gasteiger partial charge in [0, 0.05) is 16.6 Å². The average Bonchev–Trinajstić information content (AvgIpc) is 3.20. The maximum atomic E-state index is 12.8. The summed E-state index contributed by atoms with van der Waals surface area (Å²) in [6.45, 7) is 0.946. The number of rotatable bonds is 8. The first-order chi connectivity index (χ1) is 15.5. The minimum Gasteiger partial charge on any atom is -0.484 e. The molecule has 1 amide bonds. The molecule has 0 aliphatic heterocycles. The predicted octanol–water partition coefficient (Wildman–Crippen LogP) is 3.14. The van der Waals surface area contributed by atoms with Crippen molar-refractivity contribution in [3.05, 3.63) is 87.0 Å². The van der Waals surface area contributed by atoms with Crippen LogP contribution in [0.3, 0.4) is 0 Å². The highest BCUT2D eigenvalue weighted by atomic mass is 35.5. The van der Waals surface area contributed by atoms with Crippen LogP contribution >= 0.6 is 23.2 Å². The van der Waals surface area contributed by atoms with Gasteiger partial charge in [-0.2, -0.15) is 5.10 Å². The van der Waals surface area contributed by atoms with Gasteiger partial charge in [-0.05, 0) is 42.0 Å². The van der Waals surface area contributed by atoms with E-state index in [4.69, 9.17) is 27.9 Å². The third-order valence-electron chi connectivity index (χ3n) is 4.72. The average molecular weight is 472 g/mol. The van der Waals surface area contributed by atoms with Crippen LogP contribution in [0, 0.1) is 0 Å². The Morgan fingerprint density at radius 1 is 1.03 bits per heavy atom. The van der Waals surface area contributed by atoms with E-state index in [9.17, 15) is 9.59 Å². The monoisotopic (exact) mass is 471 g/mol. The van der Waals surface area contributed by atoms with Crippen LogP contribution in [-0.2, 0) is 17.9 Å². The SMILES string of the molecule is O=C(COc1ccc(Cl)cc1)NCCn1ncc2c(=O)n(Cc3ccc(Cl)cc3)cnc21. The van der Waals surface area contributed by atoms with E-state index >= 15 is 0 Å². The standard InChI is InChI=1S/C22H19Cl2N5O3/c23-16-3-1-15(2-4-16)12-28-14-26-21-19(22(28)31)11-27-29(21)10-9-25-20(30)13-32-18-7-5-17(24)6-8-18/h1-8,11,14H,9-10,12-13H2,(H,25,30). The van der Waals surface area contributed by atoms with E-state index < -0.39 is 0 Å². The molecular formula is C22H19Cl2N5O3. The van der Waals surface area contributed by atoms with Gasteiger partial charge in [-0.1, -0.05) is 35.3 Å². The third kappa shape index (κ3) is 5.27. The van der Waals surface area contributed by atoms with Crippen molar-refractivity contribution >= 4 is 40.1 Å². The Bertz CT molecular complexity index is 1280. The van der Waals surface area contributed by atoms with E-state index in [1.165, 1.54) is 17.1 Å². The molecule has 0 unspecified atom stereocenters. The highest BCUT2D eigenvalue weighted by Gasteiger charge is 2.11. The molecule has 0 fully saturated rings. The van der Waals surface area contributed by atoms with E-state index in [-0.39, 0.29) is 18.1 Å². The van der Waals surface area contributed by atoms with Gasteiger partial charge in [0.2, 0.25) is 0 Å². The molecular weight excluding hydrogens is 453 g/mol. The number of benzene rings is 2. The van der Waals surface area contributed by atoms with Gasteiger partial charge < -0.3 is 10.1 Å². The van der Waals surface area contributed by atoms with Gasteiger partial charge in [0.05, 0.1) is 19.3 Å². The molecule has 32 heavy (non-hydrogen) atoms. The van der Waals surface area contributed by atoms with Crippen LogP contribution in [0.1, 0.15) is 5.56 Å². The lowest BCUT2D eigenvalue weighted by Gasteiger charge is -2.09. The van der Waals surface area contributed by atoms with Crippen molar-refractivity contribution in [3.8, 4) is 5.75 Å². The van der Waals surface area contributed by atoms with Crippen molar-refractivity contribution < 1.29 is 9.53 Å². The van der Waals surface area contributed by atoms with Crippen LogP contribution in [-0.4, -0.2) is 38.4 Å². The first-order valence-electron chi connectivity index (χ1n) is 9.80. The van der Waals surface area contributed by atoms with Crippen molar-refractivity contribution in [2.75, 3.05) is 13.2 Å². The van der Waals surface area contributed by atoms with E-state index in [0.717, 1.165) is 5.56 Å². The summed E-state index contributed by atoms with van der Waals surface area (Å²) >= 11 is 11.7. The maximum Gasteiger partial charge on any atom is 0.264 e. The summed E-state index contributed by atoms with van der Waals surface area (Å²) in [7, 11) is 0. The smallest absolute Gasteiger partial charge is 0.264 e. The lowest BCUT2D eigenvalue weighted by atomic mass is 10.2. The van der Waals surface area contributed by atoms with Gasteiger partial charge in [-0.3, -0.25) is 14.2 Å².